The second-order valence-corrected chi connectivity index (χ2v) is 4.90. The van der Waals surface area contributed by atoms with E-state index in [1.54, 1.807) is 11.3 Å². The van der Waals surface area contributed by atoms with Crippen molar-refractivity contribution in [1.82, 2.24) is 4.98 Å². The molecule has 3 nitrogen and oxygen atoms in total. The van der Waals surface area contributed by atoms with Crippen LogP contribution in [0.4, 0.5) is 0 Å². The molecule has 0 aromatic carbocycles. The van der Waals surface area contributed by atoms with E-state index in [1.807, 2.05) is 0 Å². The van der Waals surface area contributed by atoms with E-state index in [4.69, 9.17) is 0 Å². The fourth-order valence-corrected chi connectivity index (χ4v) is 2.40. The molecule has 0 bridgehead atoms. The van der Waals surface area contributed by atoms with Crippen molar-refractivity contribution in [2.45, 2.75) is 32.1 Å². The van der Waals surface area contributed by atoms with Gasteiger partial charge in [0.1, 0.15) is 0 Å². The lowest BCUT2D eigenvalue weighted by atomic mass is 10.2. The van der Waals surface area contributed by atoms with E-state index in [2.05, 4.69) is 15.1 Å². The highest BCUT2D eigenvalue weighted by Crippen LogP contribution is 2.33. The lowest BCUT2D eigenvalue weighted by Gasteiger charge is -1.96. The van der Waals surface area contributed by atoms with Gasteiger partial charge in [0, 0.05) is 18.2 Å². The van der Waals surface area contributed by atoms with Crippen molar-refractivity contribution in [3.63, 3.8) is 0 Å². The van der Waals surface area contributed by atoms with Gasteiger partial charge in [0.15, 0.2) is 0 Å². The normalized spacial score (nSPS) is 15.3. The number of carbonyl (C=O) groups excluding carboxylic acids is 1. The maximum Gasteiger partial charge on any atom is 0.305 e. The molecule has 1 aromatic heterocycles. The van der Waals surface area contributed by atoms with Crippen LogP contribution in [-0.2, 0) is 22.4 Å². The Hall–Kier alpha value is -0.900. The number of nitrogens with zero attached hydrogens (tertiary/aromatic N) is 1. The number of rotatable bonds is 5. The second kappa shape index (κ2) is 4.75. The number of hydrogen-bond acceptors (Lipinski definition) is 4. The van der Waals surface area contributed by atoms with Crippen molar-refractivity contribution >= 4 is 17.3 Å². The zero-order valence-corrected chi connectivity index (χ0v) is 9.68. The van der Waals surface area contributed by atoms with E-state index in [-0.39, 0.29) is 5.97 Å². The molecule has 4 heteroatoms. The molecule has 0 saturated heterocycles. The first-order chi connectivity index (χ1) is 7.28. The van der Waals surface area contributed by atoms with Crippen molar-refractivity contribution in [3.8, 4) is 0 Å². The molecule has 1 heterocycles. The SMILES string of the molecule is COC(=O)CCc1csc(CC2CC2)n1. The van der Waals surface area contributed by atoms with Crippen LogP contribution in [0.25, 0.3) is 0 Å². The van der Waals surface area contributed by atoms with Gasteiger partial charge in [-0.15, -0.1) is 11.3 Å². The number of methoxy groups -OCH3 is 1. The molecular weight excluding hydrogens is 210 g/mol. The van der Waals surface area contributed by atoms with E-state index >= 15 is 0 Å². The Kier molecular flexibility index (Phi) is 3.36. The molecule has 0 unspecified atom stereocenters. The molecule has 1 fully saturated rings. The first-order valence-corrected chi connectivity index (χ1v) is 6.16. The Morgan fingerprint density at radius 1 is 1.67 bits per heavy atom. The van der Waals surface area contributed by atoms with Crippen LogP contribution in [0.3, 0.4) is 0 Å². The first-order valence-electron chi connectivity index (χ1n) is 5.28. The molecular formula is C11H15NO2S. The molecule has 82 valence electrons. The minimum absolute atomic E-state index is 0.160. The van der Waals surface area contributed by atoms with Gasteiger partial charge < -0.3 is 4.74 Å². The summed E-state index contributed by atoms with van der Waals surface area (Å²) in [7, 11) is 1.42. The van der Waals surface area contributed by atoms with Crippen LogP contribution in [0.1, 0.15) is 30.0 Å². The Balaban J connectivity index is 1.80. The number of ether oxygens (including phenoxy) is 1. The number of carbonyl (C=O) groups is 1. The average Bonchev–Trinajstić information content (AvgIpc) is 2.93. The summed E-state index contributed by atoms with van der Waals surface area (Å²) in [5.74, 6) is 0.719. The Labute approximate surface area is 93.5 Å². The standard InChI is InChI=1S/C11H15NO2S/c1-14-11(13)5-4-9-7-15-10(12-9)6-8-2-3-8/h7-8H,2-6H2,1H3. The highest BCUT2D eigenvalue weighted by molar-refractivity contribution is 7.09. The molecule has 0 N–H and O–H groups in total. The Bertz CT molecular complexity index is 344. The average molecular weight is 225 g/mol. The number of hydrogen-bond donors (Lipinski definition) is 0. The van der Waals surface area contributed by atoms with Gasteiger partial charge in [-0.2, -0.15) is 0 Å². The van der Waals surface area contributed by atoms with E-state index in [0.717, 1.165) is 18.0 Å². The lowest BCUT2D eigenvalue weighted by molar-refractivity contribution is -0.140. The van der Waals surface area contributed by atoms with Crippen LogP contribution in [0, 0.1) is 5.92 Å². The number of esters is 1. The first kappa shape index (κ1) is 10.6. The summed E-state index contributed by atoms with van der Waals surface area (Å²) < 4.78 is 4.59. The third kappa shape index (κ3) is 3.30. The van der Waals surface area contributed by atoms with Crippen molar-refractivity contribution in [3.05, 3.63) is 16.1 Å². The van der Waals surface area contributed by atoms with Crippen LogP contribution in [0.2, 0.25) is 0 Å². The molecule has 1 aromatic rings. The summed E-state index contributed by atoms with van der Waals surface area (Å²) in [4.78, 5) is 15.4. The predicted octanol–water partition coefficient (Wildman–Crippen LogP) is 2.20. The summed E-state index contributed by atoms with van der Waals surface area (Å²) in [6, 6.07) is 0. The van der Waals surface area contributed by atoms with Gasteiger partial charge in [0.2, 0.25) is 0 Å². The largest absolute Gasteiger partial charge is 0.469 e. The van der Waals surface area contributed by atoms with Crippen LogP contribution >= 0.6 is 11.3 Å². The molecule has 0 radical (unpaired) electrons. The molecule has 15 heavy (non-hydrogen) atoms. The van der Waals surface area contributed by atoms with Crippen molar-refractivity contribution < 1.29 is 9.53 Å². The molecule has 0 aliphatic heterocycles. The summed E-state index contributed by atoms with van der Waals surface area (Å²) in [6.45, 7) is 0. The molecule has 1 saturated carbocycles. The van der Waals surface area contributed by atoms with Crippen LogP contribution in [0.5, 0.6) is 0 Å². The van der Waals surface area contributed by atoms with E-state index in [9.17, 15) is 4.79 Å². The van der Waals surface area contributed by atoms with E-state index in [0.29, 0.717) is 12.8 Å². The predicted molar refractivity (Wildman–Crippen MR) is 58.9 cm³/mol. The lowest BCUT2D eigenvalue weighted by Crippen LogP contribution is -2.02. The summed E-state index contributed by atoms with van der Waals surface area (Å²) in [5.41, 5.74) is 1.03. The van der Waals surface area contributed by atoms with Crippen LogP contribution < -0.4 is 0 Å². The second-order valence-electron chi connectivity index (χ2n) is 3.96. The zero-order chi connectivity index (χ0) is 10.7. The summed E-state index contributed by atoms with van der Waals surface area (Å²) >= 11 is 1.71. The smallest absolute Gasteiger partial charge is 0.305 e. The van der Waals surface area contributed by atoms with Gasteiger partial charge in [-0.05, 0) is 18.8 Å². The van der Waals surface area contributed by atoms with Crippen molar-refractivity contribution in [1.29, 1.82) is 0 Å². The maximum absolute atomic E-state index is 10.9. The number of thiazole rings is 1. The van der Waals surface area contributed by atoms with E-state index < -0.39 is 0 Å². The Morgan fingerprint density at radius 2 is 2.47 bits per heavy atom. The third-order valence-electron chi connectivity index (χ3n) is 2.57. The minimum atomic E-state index is -0.160. The molecule has 0 atom stereocenters. The fraction of sp³-hybridized carbons (Fsp3) is 0.636. The third-order valence-corrected chi connectivity index (χ3v) is 3.49. The number of aromatic nitrogens is 1. The molecule has 1 aliphatic carbocycles. The van der Waals surface area contributed by atoms with Crippen LogP contribution in [-0.4, -0.2) is 18.1 Å². The fourth-order valence-electron chi connectivity index (χ4n) is 1.46. The van der Waals surface area contributed by atoms with Crippen LogP contribution in [0.15, 0.2) is 5.38 Å². The maximum atomic E-state index is 10.9. The Morgan fingerprint density at radius 3 is 3.13 bits per heavy atom. The summed E-state index contributed by atoms with van der Waals surface area (Å²) in [5, 5.41) is 3.28. The van der Waals surface area contributed by atoms with Gasteiger partial charge in [0.05, 0.1) is 24.2 Å². The minimum Gasteiger partial charge on any atom is -0.469 e. The molecule has 0 spiro atoms. The van der Waals surface area contributed by atoms with Gasteiger partial charge in [-0.25, -0.2) is 4.98 Å². The molecule has 2 rings (SSSR count). The topological polar surface area (TPSA) is 39.2 Å². The van der Waals surface area contributed by atoms with Crippen molar-refractivity contribution in [2.75, 3.05) is 7.11 Å². The zero-order valence-electron chi connectivity index (χ0n) is 8.86. The van der Waals surface area contributed by atoms with Gasteiger partial charge in [-0.1, -0.05) is 0 Å². The van der Waals surface area contributed by atoms with E-state index in [1.165, 1.54) is 25.0 Å². The monoisotopic (exact) mass is 225 g/mol. The molecule has 1 aliphatic rings. The highest BCUT2D eigenvalue weighted by atomic mass is 32.1. The van der Waals surface area contributed by atoms with Gasteiger partial charge in [-0.3, -0.25) is 4.79 Å². The number of aryl methyl sites for hydroxylation is 1. The van der Waals surface area contributed by atoms with Crippen molar-refractivity contribution in [2.24, 2.45) is 5.92 Å². The van der Waals surface area contributed by atoms with Gasteiger partial charge in [0.25, 0.3) is 0 Å². The highest BCUT2D eigenvalue weighted by Gasteiger charge is 2.22. The van der Waals surface area contributed by atoms with Gasteiger partial charge >= 0.3 is 5.97 Å². The summed E-state index contributed by atoms with van der Waals surface area (Å²) in [6.07, 6.45) is 4.98. The molecule has 0 amide bonds. The quantitative estimate of drug-likeness (QED) is 0.721.